The fourth-order valence-electron chi connectivity index (χ4n) is 0.0645. The van der Waals surface area contributed by atoms with Crippen LogP contribution >= 0.6 is 0 Å². The summed E-state index contributed by atoms with van der Waals surface area (Å²) in [5, 5.41) is 13.5. The molecule has 0 saturated carbocycles. The zero-order valence-corrected chi connectivity index (χ0v) is 5.77. The first kappa shape index (κ1) is 16.1. The summed E-state index contributed by atoms with van der Waals surface area (Å²) in [6, 6.07) is 0. The number of hydrogen-bond donors (Lipinski definition) is 0. The lowest BCUT2D eigenvalue weighted by atomic mass is 10.8. The molecule has 11 heavy (non-hydrogen) atoms. The molecule has 0 heterocycles. The lowest BCUT2D eigenvalue weighted by Crippen LogP contribution is -1.58. The molecule has 0 aliphatic carbocycles. The van der Waals surface area contributed by atoms with Crippen molar-refractivity contribution >= 4 is 18.2 Å². The predicted octanol–water partition coefficient (Wildman–Crippen LogP) is 0.125. The second-order valence-electron chi connectivity index (χ2n) is 0.748. The molecule has 60 valence electrons. The highest BCUT2D eigenvalue weighted by molar-refractivity contribution is 5.37. The molecule has 6 nitrogen and oxygen atoms in total. The van der Waals surface area contributed by atoms with E-state index in [1.54, 1.807) is 6.92 Å². The quantitative estimate of drug-likeness (QED) is 0.396. The Morgan fingerprint density at radius 2 is 1.45 bits per heavy atom. The van der Waals surface area contributed by atoms with E-state index in [4.69, 9.17) is 25.2 Å². The van der Waals surface area contributed by atoms with E-state index in [1.165, 1.54) is 6.08 Å². The van der Waals surface area contributed by atoms with Gasteiger partial charge in [-0.3, -0.25) is 9.59 Å². The molecule has 0 atom stereocenters. The van der Waals surface area contributed by atoms with Gasteiger partial charge in [0.05, 0.1) is 0 Å². The molecule has 0 aliphatic rings. The zero-order chi connectivity index (χ0) is 9.54. The first-order chi connectivity index (χ1) is 5.24. The molecule has 6 heteroatoms. The van der Waals surface area contributed by atoms with Crippen LogP contribution in [0.5, 0.6) is 0 Å². The minimum Gasteiger partial charge on any atom is -0.724 e. The fourth-order valence-corrected chi connectivity index (χ4v) is 0.0645. The Bertz CT molecular complexity index is 159. The van der Waals surface area contributed by atoms with Crippen molar-refractivity contribution in [3.05, 3.63) is 10.8 Å². The van der Waals surface area contributed by atoms with Gasteiger partial charge in [0.2, 0.25) is 6.08 Å². The molecule has 0 bridgehead atoms. The molecule has 0 radical (unpaired) electrons. The third-order valence-corrected chi connectivity index (χ3v) is 0.223. The van der Waals surface area contributed by atoms with Gasteiger partial charge in [-0.05, 0) is 19.1 Å². The number of hydrogen-bond acceptors (Lipinski definition) is 4. The van der Waals surface area contributed by atoms with Crippen LogP contribution in [0, 0.1) is 0 Å². The van der Waals surface area contributed by atoms with Crippen LogP contribution < -0.4 is 0 Å². The zero-order valence-electron chi connectivity index (χ0n) is 5.77. The summed E-state index contributed by atoms with van der Waals surface area (Å²) >= 11 is 0. The number of rotatable bonds is 1. The molecule has 0 N–H and O–H groups in total. The first-order valence-electron chi connectivity index (χ1n) is 2.31. The van der Waals surface area contributed by atoms with Gasteiger partial charge in [0.15, 0.2) is 0 Å². The van der Waals surface area contributed by atoms with Gasteiger partial charge in [0.25, 0.3) is 0 Å². The molecule has 0 amide bonds. The maximum atomic E-state index is 9.11. The fraction of sp³-hybridized carbons (Fsp3) is 0.400. The Morgan fingerprint density at radius 3 is 1.45 bits per heavy atom. The van der Waals surface area contributed by atoms with E-state index >= 15 is 0 Å². The first-order valence-corrected chi connectivity index (χ1v) is 2.31. The summed E-state index contributed by atoms with van der Waals surface area (Å²) < 4.78 is 0. The topological polar surface area (TPSA) is 108 Å². The van der Waals surface area contributed by atoms with E-state index in [1.807, 2.05) is 0 Å². The van der Waals surface area contributed by atoms with Gasteiger partial charge in [-0.25, -0.2) is 9.79 Å². The molecule has 0 spiro atoms. The van der Waals surface area contributed by atoms with Crippen molar-refractivity contribution in [1.82, 2.24) is 0 Å². The molecular formula is C5H5N3O3-2. The molecule has 0 aromatic heterocycles. The van der Waals surface area contributed by atoms with Crippen LogP contribution in [0.15, 0.2) is 4.99 Å². The largest absolute Gasteiger partial charge is 0.724 e. The number of nitrogens with zero attached hydrogens (tertiary/aromatic N) is 3. The average molecular weight is 155 g/mol. The van der Waals surface area contributed by atoms with Crippen molar-refractivity contribution < 1.29 is 14.4 Å². The average Bonchev–Trinajstić information content (AvgIpc) is 1.92. The summed E-state index contributed by atoms with van der Waals surface area (Å²) in [6.07, 6.45) is 2.39. The van der Waals surface area contributed by atoms with E-state index < -0.39 is 0 Å². The molecule has 0 aromatic rings. The van der Waals surface area contributed by atoms with Gasteiger partial charge in [-0.15, -0.1) is 0 Å². The van der Waals surface area contributed by atoms with E-state index in [-0.39, 0.29) is 0 Å². The number of aliphatic imine (C=N–C) groups is 1. The van der Waals surface area contributed by atoms with Crippen molar-refractivity contribution in [1.29, 1.82) is 0 Å². The molecule has 0 unspecified atom stereocenters. The summed E-state index contributed by atoms with van der Waals surface area (Å²) in [5.74, 6) is 0. The molecular weight excluding hydrogens is 150 g/mol. The minimum absolute atomic E-state index is 0.500. The van der Waals surface area contributed by atoms with Crippen LogP contribution in [-0.4, -0.2) is 24.8 Å². The normalized spacial score (nSPS) is 4.09. The Labute approximate surface area is 63.0 Å². The van der Waals surface area contributed by atoms with Crippen LogP contribution in [0.1, 0.15) is 6.92 Å². The molecule has 0 fully saturated rings. The van der Waals surface area contributed by atoms with Crippen molar-refractivity contribution in [2.24, 2.45) is 4.99 Å². The van der Waals surface area contributed by atoms with Gasteiger partial charge in [0, 0.05) is 6.54 Å². The molecule has 0 rings (SSSR count). The predicted molar refractivity (Wildman–Crippen MR) is 36.8 cm³/mol. The Kier molecular flexibility index (Phi) is 61.5. The van der Waals surface area contributed by atoms with Gasteiger partial charge in [0.1, 0.15) is 0 Å². The van der Waals surface area contributed by atoms with Crippen molar-refractivity contribution in [3.8, 4) is 0 Å². The summed E-state index contributed by atoms with van der Waals surface area (Å²) in [5.41, 5.74) is 0. The third kappa shape index (κ3) is 15700. The van der Waals surface area contributed by atoms with Gasteiger partial charge in [-0.1, -0.05) is 0 Å². The lowest BCUT2D eigenvalue weighted by Gasteiger charge is -1.58. The van der Waals surface area contributed by atoms with E-state index in [0.29, 0.717) is 18.7 Å². The highest BCUT2D eigenvalue weighted by atomic mass is 16.1. The maximum absolute atomic E-state index is 9.11. The van der Waals surface area contributed by atoms with Crippen LogP contribution in [0.25, 0.3) is 10.8 Å². The highest BCUT2D eigenvalue weighted by Crippen LogP contribution is 1.52. The molecule has 0 saturated heterocycles. The Hall–Kier alpha value is -1.86. The summed E-state index contributed by atoms with van der Waals surface area (Å²) in [7, 11) is 0. The number of isocyanates is 3. The van der Waals surface area contributed by atoms with Crippen molar-refractivity contribution in [3.63, 3.8) is 0 Å². The monoisotopic (exact) mass is 155 g/mol. The SMILES string of the molecule is CCN=C=O.[N-]=C=O.[N-]=C=O. The maximum Gasteiger partial charge on any atom is 0.234 e. The Morgan fingerprint density at radius 1 is 1.18 bits per heavy atom. The van der Waals surface area contributed by atoms with Gasteiger partial charge < -0.3 is 10.8 Å². The van der Waals surface area contributed by atoms with Crippen LogP contribution in [0.3, 0.4) is 0 Å². The number of carbonyl (C=O) groups excluding carboxylic acids is 3. The van der Waals surface area contributed by atoms with Crippen LogP contribution in [-0.2, 0) is 14.4 Å². The lowest BCUT2D eigenvalue weighted by molar-refractivity contribution is 0.563. The second kappa shape index (κ2) is 42.1. The second-order valence-corrected chi connectivity index (χ2v) is 0.748. The van der Waals surface area contributed by atoms with E-state index in [2.05, 4.69) is 4.99 Å². The summed E-state index contributed by atoms with van der Waals surface area (Å²) in [4.78, 5) is 28.8. The minimum atomic E-state index is 0.500. The van der Waals surface area contributed by atoms with Crippen molar-refractivity contribution in [2.75, 3.05) is 6.54 Å². The molecule has 0 aromatic carbocycles. The van der Waals surface area contributed by atoms with E-state index in [9.17, 15) is 0 Å². The Balaban J connectivity index is -0.0000000933. The van der Waals surface area contributed by atoms with E-state index in [0.717, 1.165) is 0 Å². The van der Waals surface area contributed by atoms with Gasteiger partial charge >= 0.3 is 0 Å². The highest BCUT2D eigenvalue weighted by Gasteiger charge is 1.52. The van der Waals surface area contributed by atoms with Gasteiger partial charge in [-0.2, -0.15) is 0 Å². The van der Waals surface area contributed by atoms with Crippen molar-refractivity contribution in [2.45, 2.75) is 6.92 Å². The third-order valence-electron chi connectivity index (χ3n) is 0.223. The molecule has 0 aliphatic heterocycles. The standard InChI is InChI=1S/C3H5NO.2CNO/c1-2-4-3-5;2*2-1-3/h2H2,1H3;;/q;2*-1. The van der Waals surface area contributed by atoms with Crippen LogP contribution in [0.2, 0.25) is 0 Å². The van der Waals surface area contributed by atoms with Crippen LogP contribution in [0.4, 0.5) is 0 Å². The smallest absolute Gasteiger partial charge is 0.234 e. The summed E-state index contributed by atoms with van der Waals surface area (Å²) in [6.45, 7) is 2.33.